The topological polar surface area (TPSA) is 63.5 Å². The van der Waals surface area contributed by atoms with Crippen LogP contribution in [0.3, 0.4) is 0 Å². The zero-order valence-corrected chi connectivity index (χ0v) is 12.2. The smallest absolute Gasteiger partial charge is 0.293 e. The highest BCUT2D eigenvalue weighted by atomic mass is 16.6. The number of Topliss-reactive ketones (excluding diaryl/α,β-unsaturated/α-hetero) is 1. The second kappa shape index (κ2) is 5.23. The minimum atomic E-state index is -0.401. The molecule has 1 heterocycles. The number of nitro benzene ring substituents is 1. The molecular formula is C15H20N2O3. The number of carbonyl (C=O) groups is 1. The third-order valence-corrected chi connectivity index (χ3v) is 4.04. The predicted octanol–water partition coefficient (Wildman–Crippen LogP) is 3.42. The lowest BCUT2D eigenvalue weighted by atomic mass is 9.82. The van der Waals surface area contributed by atoms with Crippen LogP contribution in [-0.4, -0.2) is 23.8 Å². The van der Waals surface area contributed by atoms with Gasteiger partial charge in [-0.15, -0.1) is 0 Å². The Morgan fingerprint density at radius 3 is 2.40 bits per heavy atom. The number of hydrogen-bond acceptors (Lipinski definition) is 4. The number of nitro groups is 1. The molecule has 0 amide bonds. The summed E-state index contributed by atoms with van der Waals surface area (Å²) >= 11 is 0. The van der Waals surface area contributed by atoms with Gasteiger partial charge < -0.3 is 4.90 Å². The molecule has 108 valence electrons. The first-order valence-electron chi connectivity index (χ1n) is 6.84. The average molecular weight is 276 g/mol. The summed E-state index contributed by atoms with van der Waals surface area (Å²) < 4.78 is 0. The van der Waals surface area contributed by atoms with E-state index in [0.29, 0.717) is 16.7 Å². The Morgan fingerprint density at radius 1 is 1.30 bits per heavy atom. The van der Waals surface area contributed by atoms with E-state index in [0.717, 1.165) is 25.9 Å². The average Bonchev–Trinajstić information content (AvgIpc) is 2.38. The molecule has 1 fully saturated rings. The van der Waals surface area contributed by atoms with Crippen LogP contribution in [0.5, 0.6) is 0 Å². The molecule has 1 aliphatic rings. The molecule has 0 aromatic heterocycles. The Hall–Kier alpha value is -1.91. The molecule has 0 aliphatic carbocycles. The van der Waals surface area contributed by atoms with Crippen molar-refractivity contribution in [1.29, 1.82) is 0 Å². The van der Waals surface area contributed by atoms with Crippen LogP contribution < -0.4 is 4.90 Å². The van der Waals surface area contributed by atoms with Gasteiger partial charge in [0, 0.05) is 24.7 Å². The first-order valence-corrected chi connectivity index (χ1v) is 6.84. The van der Waals surface area contributed by atoms with E-state index in [2.05, 4.69) is 13.8 Å². The third kappa shape index (κ3) is 2.98. The van der Waals surface area contributed by atoms with Crippen LogP contribution in [0.4, 0.5) is 11.4 Å². The van der Waals surface area contributed by atoms with Crippen molar-refractivity contribution in [2.45, 2.75) is 33.6 Å². The molecule has 1 aromatic rings. The van der Waals surface area contributed by atoms with Crippen LogP contribution in [0.25, 0.3) is 0 Å². The Bertz CT molecular complexity index is 542. The SMILES string of the molecule is CC(=O)c1ccc(N2CCC(C)(C)CC2)c([N+](=O)[O-])c1. The van der Waals surface area contributed by atoms with Crippen LogP contribution in [-0.2, 0) is 0 Å². The van der Waals surface area contributed by atoms with Crippen molar-refractivity contribution < 1.29 is 9.72 Å². The molecule has 5 heteroatoms. The van der Waals surface area contributed by atoms with Gasteiger partial charge in [0.25, 0.3) is 5.69 Å². The van der Waals surface area contributed by atoms with E-state index in [9.17, 15) is 14.9 Å². The number of carbonyl (C=O) groups excluding carboxylic acids is 1. The van der Waals surface area contributed by atoms with Gasteiger partial charge in [0.15, 0.2) is 5.78 Å². The van der Waals surface area contributed by atoms with E-state index in [1.165, 1.54) is 13.0 Å². The van der Waals surface area contributed by atoms with Gasteiger partial charge in [-0.2, -0.15) is 0 Å². The first-order chi connectivity index (χ1) is 9.30. The highest BCUT2D eigenvalue weighted by Crippen LogP contribution is 2.36. The summed E-state index contributed by atoms with van der Waals surface area (Å²) in [6.45, 7) is 7.48. The van der Waals surface area contributed by atoms with E-state index in [1.807, 2.05) is 4.90 Å². The monoisotopic (exact) mass is 276 g/mol. The maximum Gasteiger partial charge on any atom is 0.293 e. The zero-order valence-electron chi connectivity index (χ0n) is 12.2. The molecule has 1 aliphatic heterocycles. The van der Waals surface area contributed by atoms with Crippen molar-refractivity contribution >= 4 is 17.2 Å². The highest BCUT2D eigenvalue weighted by molar-refractivity contribution is 5.95. The fraction of sp³-hybridized carbons (Fsp3) is 0.533. The van der Waals surface area contributed by atoms with Gasteiger partial charge in [-0.05, 0) is 37.3 Å². The number of ketones is 1. The van der Waals surface area contributed by atoms with Crippen LogP contribution in [0.1, 0.15) is 44.0 Å². The minimum absolute atomic E-state index is 0.0254. The molecule has 20 heavy (non-hydrogen) atoms. The second-order valence-electron chi connectivity index (χ2n) is 6.17. The second-order valence-corrected chi connectivity index (χ2v) is 6.17. The van der Waals surface area contributed by atoms with Gasteiger partial charge in [0.2, 0.25) is 0 Å². The quantitative estimate of drug-likeness (QED) is 0.482. The zero-order chi connectivity index (χ0) is 14.9. The molecule has 0 atom stereocenters. The van der Waals surface area contributed by atoms with Gasteiger partial charge in [-0.1, -0.05) is 13.8 Å². The van der Waals surface area contributed by atoms with Crippen molar-refractivity contribution in [1.82, 2.24) is 0 Å². The van der Waals surface area contributed by atoms with Crippen LogP contribution in [0, 0.1) is 15.5 Å². The lowest BCUT2D eigenvalue weighted by Gasteiger charge is -2.37. The van der Waals surface area contributed by atoms with Gasteiger partial charge in [0.05, 0.1) is 4.92 Å². The highest BCUT2D eigenvalue weighted by Gasteiger charge is 2.29. The lowest BCUT2D eigenvalue weighted by molar-refractivity contribution is -0.384. The molecular weight excluding hydrogens is 256 g/mol. The maximum atomic E-state index is 11.4. The van der Waals surface area contributed by atoms with Crippen molar-refractivity contribution in [2.75, 3.05) is 18.0 Å². The number of anilines is 1. The lowest BCUT2D eigenvalue weighted by Crippen LogP contribution is -2.37. The van der Waals surface area contributed by atoms with Crippen molar-refractivity contribution in [2.24, 2.45) is 5.41 Å². The number of piperidine rings is 1. The molecule has 0 saturated carbocycles. The summed E-state index contributed by atoms with van der Waals surface area (Å²) in [5.74, 6) is -0.153. The summed E-state index contributed by atoms with van der Waals surface area (Å²) in [6, 6.07) is 4.76. The van der Waals surface area contributed by atoms with Gasteiger partial charge >= 0.3 is 0 Å². The minimum Gasteiger partial charge on any atom is -0.366 e. The number of hydrogen-bond donors (Lipinski definition) is 0. The van der Waals surface area contributed by atoms with E-state index < -0.39 is 4.92 Å². The van der Waals surface area contributed by atoms with Crippen molar-refractivity contribution in [3.63, 3.8) is 0 Å². The van der Waals surface area contributed by atoms with Crippen molar-refractivity contribution in [3.05, 3.63) is 33.9 Å². The molecule has 1 aromatic carbocycles. The van der Waals surface area contributed by atoms with Crippen LogP contribution in [0.2, 0.25) is 0 Å². The fourth-order valence-corrected chi connectivity index (χ4v) is 2.51. The molecule has 0 N–H and O–H groups in total. The van der Waals surface area contributed by atoms with E-state index >= 15 is 0 Å². The largest absolute Gasteiger partial charge is 0.366 e. The molecule has 5 nitrogen and oxygen atoms in total. The van der Waals surface area contributed by atoms with Gasteiger partial charge in [-0.25, -0.2) is 0 Å². The Balaban J connectivity index is 2.32. The summed E-state index contributed by atoms with van der Waals surface area (Å²) in [6.07, 6.45) is 2.03. The number of benzene rings is 1. The Kier molecular flexibility index (Phi) is 3.79. The molecule has 0 bridgehead atoms. The predicted molar refractivity (Wildman–Crippen MR) is 78.3 cm³/mol. The van der Waals surface area contributed by atoms with E-state index in [1.54, 1.807) is 12.1 Å². The molecule has 1 saturated heterocycles. The van der Waals surface area contributed by atoms with E-state index in [-0.39, 0.29) is 11.5 Å². The van der Waals surface area contributed by atoms with Gasteiger partial charge in [0.1, 0.15) is 5.69 Å². The summed E-state index contributed by atoms with van der Waals surface area (Å²) in [5, 5.41) is 11.2. The number of nitrogens with zero attached hydrogens (tertiary/aromatic N) is 2. The van der Waals surface area contributed by atoms with Crippen molar-refractivity contribution in [3.8, 4) is 0 Å². The van der Waals surface area contributed by atoms with Crippen LogP contribution in [0.15, 0.2) is 18.2 Å². The maximum absolute atomic E-state index is 11.4. The fourth-order valence-electron chi connectivity index (χ4n) is 2.51. The number of rotatable bonds is 3. The Labute approximate surface area is 118 Å². The Morgan fingerprint density at radius 2 is 1.90 bits per heavy atom. The van der Waals surface area contributed by atoms with Gasteiger partial charge in [-0.3, -0.25) is 14.9 Å². The molecule has 0 unspecified atom stereocenters. The first kappa shape index (κ1) is 14.5. The van der Waals surface area contributed by atoms with E-state index in [4.69, 9.17) is 0 Å². The normalized spacial score (nSPS) is 17.9. The summed E-state index contributed by atoms with van der Waals surface area (Å²) in [5.41, 5.74) is 1.33. The summed E-state index contributed by atoms with van der Waals surface area (Å²) in [7, 11) is 0. The molecule has 2 rings (SSSR count). The third-order valence-electron chi connectivity index (χ3n) is 4.04. The summed E-state index contributed by atoms with van der Waals surface area (Å²) in [4.78, 5) is 24.2. The molecule has 0 spiro atoms. The molecule has 0 radical (unpaired) electrons. The van der Waals surface area contributed by atoms with Crippen LogP contribution >= 0.6 is 0 Å². The standard InChI is InChI=1S/C15H20N2O3/c1-11(18)12-4-5-13(14(10-12)17(19)20)16-8-6-15(2,3)7-9-16/h4-5,10H,6-9H2,1-3H3.